The average Bonchev–Trinajstić information content (AvgIpc) is 3.10. The third kappa shape index (κ3) is 2.42. The summed E-state index contributed by atoms with van der Waals surface area (Å²) in [4.78, 5) is 16.4. The molecule has 6 rings (SSSR count). The summed E-state index contributed by atoms with van der Waals surface area (Å²) in [5, 5.41) is 7.90. The molecule has 5 nitrogen and oxygen atoms in total. The lowest BCUT2D eigenvalue weighted by Crippen LogP contribution is -2.69. The van der Waals surface area contributed by atoms with Gasteiger partial charge in [0.25, 0.3) is 5.91 Å². The number of hydrogen-bond acceptors (Lipinski definition) is 5. The van der Waals surface area contributed by atoms with Gasteiger partial charge in [-0.15, -0.1) is 11.3 Å². The summed E-state index contributed by atoms with van der Waals surface area (Å²) >= 11 is 1.56. The predicted molar refractivity (Wildman–Crippen MR) is 105 cm³/mol. The summed E-state index contributed by atoms with van der Waals surface area (Å²) < 4.78 is 6.83. The van der Waals surface area contributed by atoms with Crippen molar-refractivity contribution < 1.29 is 9.53 Å². The Hall–Kier alpha value is -1.79. The van der Waals surface area contributed by atoms with Crippen LogP contribution in [-0.2, 0) is 0 Å². The molecule has 2 N–H and O–H groups in total. The van der Waals surface area contributed by atoms with Gasteiger partial charge in [-0.2, -0.15) is 0 Å². The highest BCUT2D eigenvalue weighted by molar-refractivity contribution is 7.21. The van der Waals surface area contributed by atoms with Gasteiger partial charge in [-0.25, -0.2) is 0 Å². The van der Waals surface area contributed by atoms with Gasteiger partial charge in [0.15, 0.2) is 0 Å². The molecule has 26 heavy (non-hydrogen) atoms. The van der Waals surface area contributed by atoms with Crippen molar-refractivity contribution >= 4 is 33.0 Å². The molecule has 0 unspecified atom stereocenters. The van der Waals surface area contributed by atoms with Gasteiger partial charge in [0.2, 0.25) is 0 Å². The molecule has 5 heterocycles. The standard InChI is InChI=1S/C20H25N3O2S/c1-20(2)18(12-5-8-23(20)9-6-12)22-19(24)15-11-13-3-4-14-16(17(13)26-15)21-7-10-25-14/h3-4,11-12,18,21H,5-10H2,1-2H3,(H,22,24)/t18-/m1/s1. The van der Waals surface area contributed by atoms with E-state index in [0.717, 1.165) is 46.0 Å². The van der Waals surface area contributed by atoms with E-state index in [1.807, 2.05) is 18.2 Å². The summed E-state index contributed by atoms with van der Waals surface area (Å²) in [6, 6.07) is 6.28. The summed E-state index contributed by atoms with van der Waals surface area (Å²) in [6.45, 7) is 8.35. The van der Waals surface area contributed by atoms with Gasteiger partial charge in [-0.05, 0) is 69.3 Å². The molecule has 2 aromatic rings. The fourth-order valence-corrected chi connectivity index (χ4v) is 5.99. The Kier molecular flexibility index (Phi) is 3.69. The summed E-state index contributed by atoms with van der Waals surface area (Å²) in [7, 11) is 0. The number of benzene rings is 1. The van der Waals surface area contributed by atoms with Crippen LogP contribution in [0.4, 0.5) is 5.69 Å². The Labute approximate surface area is 157 Å². The van der Waals surface area contributed by atoms with Gasteiger partial charge < -0.3 is 15.4 Å². The van der Waals surface area contributed by atoms with Gasteiger partial charge >= 0.3 is 0 Å². The van der Waals surface area contributed by atoms with E-state index in [9.17, 15) is 4.79 Å². The SMILES string of the molecule is CC1(C)[C@H](NC(=O)c2cc3ccc4c(c3s2)NCCO4)C2CCN1CC2. The lowest BCUT2D eigenvalue weighted by atomic mass is 9.72. The molecule has 1 atom stereocenters. The topological polar surface area (TPSA) is 53.6 Å². The molecule has 3 fully saturated rings. The number of nitrogens with zero attached hydrogens (tertiary/aromatic N) is 1. The molecule has 4 aliphatic heterocycles. The van der Waals surface area contributed by atoms with Crippen LogP contribution in [0.25, 0.3) is 10.1 Å². The number of hydrogen-bond donors (Lipinski definition) is 2. The second-order valence-electron chi connectivity index (χ2n) is 8.17. The van der Waals surface area contributed by atoms with Crippen molar-refractivity contribution in [2.24, 2.45) is 5.92 Å². The number of anilines is 1. The van der Waals surface area contributed by atoms with Gasteiger partial charge in [0.1, 0.15) is 12.4 Å². The highest BCUT2D eigenvalue weighted by Crippen LogP contribution is 2.41. The third-order valence-electron chi connectivity index (χ3n) is 6.41. The van der Waals surface area contributed by atoms with E-state index >= 15 is 0 Å². The molecule has 2 bridgehead atoms. The smallest absolute Gasteiger partial charge is 0.261 e. The summed E-state index contributed by atoms with van der Waals surface area (Å²) in [5.74, 6) is 1.54. The number of fused-ring (bicyclic) bond motifs is 6. The van der Waals surface area contributed by atoms with Crippen molar-refractivity contribution in [3.63, 3.8) is 0 Å². The number of amides is 1. The zero-order valence-corrected chi connectivity index (χ0v) is 16.1. The predicted octanol–water partition coefficient (Wildman–Crippen LogP) is 3.31. The van der Waals surface area contributed by atoms with Crippen LogP contribution >= 0.6 is 11.3 Å². The first-order chi connectivity index (χ1) is 12.5. The van der Waals surface area contributed by atoms with E-state index in [4.69, 9.17) is 4.74 Å². The highest BCUT2D eigenvalue weighted by Gasteiger charge is 2.48. The van der Waals surface area contributed by atoms with Crippen LogP contribution in [0.15, 0.2) is 18.2 Å². The quantitative estimate of drug-likeness (QED) is 0.850. The molecular formula is C20H25N3O2S. The Morgan fingerprint density at radius 3 is 2.92 bits per heavy atom. The first-order valence-corrected chi connectivity index (χ1v) is 10.3. The molecule has 4 aliphatic rings. The van der Waals surface area contributed by atoms with Gasteiger partial charge in [0, 0.05) is 18.1 Å². The minimum atomic E-state index is 0.0298. The molecule has 6 heteroatoms. The largest absolute Gasteiger partial charge is 0.490 e. The lowest BCUT2D eigenvalue weighted by molar-refractivity contribution is -0.0377. The maximum atomic E-state index is 13.0. The fourth-order valence-electron chi connectivity index (χ4n) is 4.91. The number of ether oxygens (including phenoxy) is 1. The Morgan fingerprint density at radius 1 is 1.35 bits per heavy atom. The van der Waals surface area contributed by atoms with Crippen LogP contribution in [0.2, 0.25) is 0 Å². The van der Waals surface area contributed by atoms with E-state index in [0.29, 0.717) is 12.5 Å². The minimum Gasteiger partial charge on any atom is -0.490 e. The summed E-state index contributed by atoms with van der Waals surface area (Å²) in [5.41, 5.74) is 1.06. The van der Waals surface area contributed by atoms with Crippen molar-refractivity contribution in [3.8, 4) is 5.75 Å². The number of piperidine rings is 3. The number of nitrogens with one attached hydrogen (secondary N) is 2. The van der Waals surface area contributed by atoms with E-state index in [2.05, 4.69) is 29.4 Å². The van der Waals surface area contributed by atoms with Crippen LogP contribution in [0.3, 0.4) is 0 Å². The molecule has 1 amide bonds. The Bertz CT molecular complexity index is 867. The van der Waals surface area contributed by atoms with Crippen LogP contribution in [0.5, 0.6) is 5.75 Å². The zero-order valence-electron chi connectivity index (χ0n) is 15.3. The molecule has 0 spiro atoms. The molecule has 0 radical (unpaired) electrons. The average molecular weight is 372 g/mol. The van der Waals surface area contributed by atoms with E-state index in [1.54, 1.807) is 11.3 Å². The molecule has 0 aliphatic carbocycles. The number of carbonyl (C=O) groups is 1. The van der Waals surface area contributed by atoms with Crippen LogP contribution in [0, 0.1) is 5.92 Å². The van der Waals surface area contributed by atoms with E-state index < -0.39 is 0 Å². The number of rotatable bonds is 2. The van der Waals surface area contributed by atoms with Gasteiger partial charge in [-0.3, -0.25) is 9.69 Å². The highest BCUT2D eigenvalue weighted by atomic mass is 32.1. The molecular weight excluding hydrogens is 346 g/mol. The first-order valence-electron chi connectivity index (χ1n) is 9.53. The number of carbonyl (C=O) groups excluding carboxylic acids is 1. The zero-order chi connectivity index (χ0) is 17.9. The minimum absolute atomic E-state index is 0.0298. The maximum absolute atomic E-state index is 13.0. The molecule has 0 saturated carbocycles. The Morgan fingerprint density at radius 2 is 2.15 bits per heavy atom. The van der Waals surface area contributed by atoms with Crippen molar-refractivity contribution in [3.05, 3.63) is 23.1 Å². The van der Waals surface area contributed by atoms with Crippen molar-refractivity contribution in [2.75, 3.05) is 31.6 Å². The lowest BCUT2D eigenvalue weighted by Gasteiger charge is -2.56. The maximum Gasteiger partial charge on any atom is 0.261 e. The second kappa shape index (κ2) is 5.86. The van der Waals surface area contributed by atoms with E-state index in [-0.39, 0.29) is 17.5 Å². The molecule has 1 aromatic carbocycles. The monoisotopic (exact) mass is 371 g/mol. The number of thiophene rings is 1. The van der Waals surface area contributed by atoms with Crippen molar-refractivity contribution in [1.82, 2.24) is 10.2 Å². The van der Waals surface area contributed by atoms with Crippen LogP contribution in [0.1, 0.15) is 36.4 Å². The third-order valence-corrected chi connectivity index (χ3v) is 7.57. The molecule has 1 aromatic heterocycles. The van der Waals surface area contributed by atoms with Crippen LogP contribution in [-0.4, -0.2) is 48.6 Å². The van der Waals surface area contributed by atoms with Crippen molar-refractivity contribution in [1.29, 1.82) is 0 Å². The fraction of sp³-hybridized carbons (Fsp3) is 0.550. The van der Waals surface area contributed by atoms with E-state index in [1.165, 1.54) is 12.8 Å². The first kappa shape index (κ1) is 16.4. The normalized spacial score (nSPS) is 28.9. The Balaban J connectivity index is 1.44. The van der Waals surface area contributed by atoms with Gasteiger partial charge in [-0.1, -0.05) is 0 Å². The summed E-state index contributed by atoms with van der Waals surface area (Å²) in [6.07, 6.45) is 2.38. The van der Waals surface area contributed by atoms with Crippen molar-refractivity contribution in [2.45, 2.75) is 38.3 Å². The van der Waals surface area contributed by atoms with Gasteiger partial charge in [0.05, 0.1) is 15.3 Å². The molecule has 3 saturated heterocycles. The van der Waals surface area contributed by atoms with Crippen LogP contribution < -0.4 is 15.4 Å². The molecule has 138 valence electrons. The second-order valence-corrected chi connectivity index (χ2v) is 9.22.